The minimum Gasteiger partial charge on any atom is -0.480 e. The van der Waals surface area contributed by atoms with E-state index in [1.807, 2.05) is 0 Å². The van der Waals surface area contributed by atoms with Gasteiger partial charge in [0.2, 0.25) is 11.8 Å². The van der Waals surface area contributed by atoms with Crippen LogP contribution in [0.1, 0.15) is 0 Å². The van der Waals surface area contributed by atoms with Crippen molar-refractivity contribution >= 4 is 36.9 Å². The summed E-state index contributed by atoms with van der Waals surface area (Å²) < 4.78 is 4.41. The summed E-state index contributed by atoms with van der Waals surface area (Å²) in [6, 6.07) is -3.58. The lowest BCUT2D eigenvalue weighted by molar-refractivity contribution is -0.142. The number of carboxylic acids is 1. The molecule has 0 radical (unpaired) electrons. The molecule has 0 aliphatic rings. The van der Waals surface area contributed by atoms with Crippen molar-refractivity contribution in [1.29, 1.82) is 0 Å². The third-order valence-corrected chi connectivity index (χ3v) is 2.72. The Bertz CT molecular complexity index is 394. The Morgan fingerprint density at radius 3 is 2.24 bits per heavy atom. The number of nitrogens with two attached hydrogens (primary N) is 2. The van der Waals surface area contributed by atoms with Gasteiger partial charge in [-0.25, -0.2) is 4.79 Å². The lowest BCUT2D eigenvalue weighted by atomic mass is 10.2. The molecule has 7 N–H and O–H groups in total. The average Bonchev–Trinajstić information content (AvgIpc) is 2.46. The zero-order chi connectivity index (χ0) is 16.4. The van der Waals surface area contributed by atoms with E-state index in [1.165, 1.54) is 0 Å². The number of hydrogen-bond acceptors (Lipinski definition) is 8. The number of amides is 2. The summed E-state index contributed by atoms with van der Waals surface area (Å²) in [6.45, 7) is -0.539. The first-order valence-electron chi connectivity index (χ1n) is 5.82. The van der Waals surface area contributed by atoms with Crippen molar-refractivity contribution in [3.05, 3.63) is 0 Å². The van der Waals surface area contributed by atoms with E-state index in [2.05, 4.69) is 28.0 Å². The molecule has 0 fully saturated rings. The highest BCUT2D eigenvalue weighted by molar-refractivity contribution is 7.80. The van der Waals surface area contributed by atoms with Gasteiger partial charge < -0.3 is 31.9 Å². The number of rotatable bonds is 10. The lowest BCUT2D eigenvalue weighted by Crippen LogP contribution is -2.57. The van der Waals surface area contributed by atoms with E-state index in [1.54, 1.807) is 0 Å². The Morgan fingerprint density at radius 1 is 1.24 bits per heavy atom. The van der Waals surface area contributed by atoms with E-state index in [9.17, 15) is 19.2 Å². The highest BCUT2D eigenvalue weighted by Gasteiger charge is 2.27. The molecule has 11 heteroatoms. The molecule has 0 saturated carbocycles. The second-order valence-electron chi connectivity index (χ2n) is 3.91. The zero-order valence-electron chi connectivity index (χ0n) is 11.0. The second kappa shape index (κ2) is 9.96. The topological polar surface area (TPSA) is 174 Å². The third-order valence-electron chi connectivity index (χ3n) is 2.35. The lowest BCUT2D eigenvalue weighted by Gasteiger charge is -2.21. The van der Waals surface area contributed by atoms with Gasteiger partial charge in [-0.1, -0.05) is 0 Å². The maximum atomic E-state index is 11.9. The fraction of sp³-hybridized carbons (Fsp3) is 0.600. The molecule has 0 bridgehead atoms. The number of carbonyl (C=O) groups excluding carboxylic acids is 3. The summed E-state index contributed by atoms with van der Waals surface area (Å²) in [5, 5.41) is 13.2. The van der Waals surface area contributed by atoms with Crippen LogP contribution in [-0.4, -0.2) is 66.4 Å². The fourth-order valence-electron chi connectivity index (χ4n) is 1.16. The molecule has 0 heterocycles. The van der Waals surface area contributed by atoms with E-state index in [0.29, 0.717) is 0 Å². The number of carboxylic acid groups (broad SMARTS) is 1. The standard InChI is InChI=1S/C10H18N4O6S/c11-1-5(12)8(16)13-6(2-20-4-15)9(17)14-7(3-21)10(18)19/h4-7,21H,1-3,11-12H2,(H,13,16)(H,14,17)(H,18,19). The van der Waals surface area contributed by atoms with Crippen molar-refractivity contribution in [3.8, 4) is 0 Å². The van der Waals surface area contributed by atoms with Gasteiger partial charge in [0, 0.05) is 12.3 Å². The van der Waals surface area contributed by atoms with Crippen molar-refractivity contribution in [2.75, 3.05) is 18.9 Å². The zero-order valence-corrected chi connectivity index (χ0v) is 11.9. The average molecular weight is 322 g/mol. The first-order chi connectivity index (χ1) is 9.87. The molecule has 10 nitrogen and oxygen atoms in total. The highest BCUT2D eigenvalue weighted by Crippen LogP contribution is 1.93. The Labute approximate surface area is 126 Å². The van der Waals surface area contributed by atoms with Gasteiger partial charge in [0.05, 0.1) is 6.04 Å². The molecular weight excluding hydrogens is 304 g/mol. The van der Waals surface area contributed by atoms with Crippen molar-refractivity contribution in [2.45, 2.75) is 18.1 Å². The summed E-state index contributed by atoms with van der Waals surface area (Å²) >= 11 is 3.78. The van der Waals surface area contributed by atoms with Gasteiger partial charge in [-0.15, -0.1) is 0 Å². The van der Waals surface area contributed by atoms with Crippen LogP contribution in [0.15, 0.2) is 0 Å². The summed E-state index contributed by atoms with van der Waals surface area (Å²) in [4.78, 5) is 44.4. The molecule has 0 aromatic heterocycles. The van der Waals surface area contributed by atoms with E-state index in [4.69, 9.17) is 16.6 Å². The molecule has 0 saturated heterocycles. The number of hydrogen-bond donors (Lipinski definition) is 6. The molecule has 0 aromatic rings. The predicted octanol–water partition coefficient (Wildman–Crippen LogP) is -3.57. The number of nitrogens with one attached hydrogen (secondary N) is 2. The van der Waals surface area contributed by atoms with Gasteiger partial charge in [-0.2, -0.15) is 12.6 Å². The first kappa shape index (κ1) is 19.1. The Morgan fingerprint density at radius 2 is 1.81 bits per heavy atom. The van der Waals surface area contributed by atoms with Crippen LogP contribution in [0.25, 0.3) is 0 Å². The summed E-state index contributed by atoms with van der Waals surface area (Å²) in [5.74, 6) is -3.03. The van der Waals surface area contributed by atoms with Gasteiger partial charge >= 0.3 is 5.97 Å². The van der Waals surface area contributed by atoms with Gasteiger partial charge in [0.1, 0.15) is 18.7 Å². The monoisotopic (exact) mass is 322 g/mol. The van der Waals surface area contributed by atoms with Crippen LogP contribution in [0.3, 0.4) is 0 Å². The van der Waals surface area contributed by atoms with Crippen LogP contribution >= 0.6 is 12.6 Å². The largest absolute Gasteiger partial charge is 0.480 e. The molecule has 0 rings (SSSR count). The predicted molar refractivity (Wildman–Crippen MR) is 74.4 cm³/mol. The Balaban J connectivity index is 4.79. The van der Waals surface area contributed by atoms with Crippen LogP contribution in [0.4, 0.5) is 0 Å². The molecule has 0 aliphatic heterocycles. The van der Waals surface area contributed by atoms with E-state index in [-0.39, 0.29) is 18.8 Å². The smallest absolute Gasteiger partial charge is 0.327 e. The van der Waals surface area contributed by atoms with Crippen molar-refractivity contribution in [1.82, 2.24) is 10.6 Å². The second-order valence-corrected chi connectivity index (χ2v) is 4.28. The Kier molecular flexibility index (Phi) is 9.08. The van der Waals surface area contributed by atoms with Crippen LogP contribution < -0.4 is 22.1 Å². The summed E-state index contributed by atoms with van der Waals surface area (Å²) in [5.41, 5.74) is 10.6. The molecule has 120 valence electrons. The minimum atomic E-state index is -1.29. The van der Waals surface area contributed by atoms with Crippen LogP contribution in [0, 0.1) is 0 Å². The number of aliphatic carboxylic acids is 1. The number of ether oxygens (including phenoxy) is 1. The molecule has 21 heavy (non-hydrogen) atoms. The quantitative estimate of drug-likeness (QED) is 0.177. The van der Waals surface area contributed by atoms with E-state index < -0.39 is 42.5 Å². The Hall–Kier alpha value is -1.85. The molecule has 0 aromatic carbocycles. The molecular formula is C10H18N4O6S. The van der Waals surface area contributed by atoms with Crippen molar-refractivity contribution in [3.63, 3.8) is 0 Å². The van der Waals surface area contributed by atoms with Gasteiger partial charge in [-0.05, 0) is 0 Å². The molecule has 3 atom stereocenters. The van der Waals surface area contributed by atoms with Crippen molar-refractivity contribution < 1.29 is 29.0 Å². The maximum absolute atomic E-state index is 11.9. The number of carbonyl (C=O) groups is 4. The molecule has 2 amide bonds. The fourth-order valence-corrected chi connectivity index (χ4v) is 1.41. The van der Waals surface area contributed by atoms with Gasteiger partial charge in [0.15, 0.2) is 0 Å². The van der Waals surface area contributed by atoms with Gasteiger partial charge in [0.25, 0.3) is 6.47 Å². The first-order valence-corrected chi connectivity index (χ1v) is 6.45. The van der Waals surface area contributed by atoms with Gasteiger partial charge in [-0.3, -0.25) is 14.4 Å². The SMILES string of the molecule is NCC(N)C(=O)NC(COC=O)C(=O)NC(CS)C(=O)O. The van der Waals surface area contributed by atoms with Crippen LogP contribution in [-0.2, 0) is 23.9 Å². The van der Waals surface area contributed by atoms with Crippen molar-refractivity contribution in [2.24, 2.45) is 11.5 Å². The van der Waals surface area contributed by atoms with Crippen LogP contribution in [0.2, 0.25) is 0 Å². The maximum Gasteiger partial charge on any atom is 0.327 e. The minimum absolute atomic E-state index is 0.0859. The normalized spacial score (nSPS) is 14.4. The van der Waals surface area contributed by atoms with Crippen LogP contribution in [0.5, 0.6) is 0 Å². The molecule has 0 spiro atoms. The summed E-state index contributed by atoms with van der Waals surface area (Å²) in [7, 11) is 0. The summed E-state index contributed by atoms with van der Waals surface area (Å²) in [6.07, 6.45) is 0. The third kappa shape index (κ3) is 6.92. The van der Waals surface area contributed by atoms with E-state index >= 15 is 0 Å². The van der Waals surface area contributed by atoms with E-state index in [0.717, 1.165) is 0 Å². The number of thiol groups is 1. The molecule has 3 unspecified atom stereocenters. The molecule has 0 aliphatic carbocycles. The highest BCUT2D eigenvalue weighted by atomic mass is 32.1.